The Morgan fingerprint density at radius 3 is 2.91 bits per heavy atom. The number of nitrogens with one attached hydrogen (secondary N) is 1. The van der Waals surface area contributed by atoms with Crippen molar-refractivity contribution in [2.45, 2.75) is 13.3 Å². The Balaban J connectivity index is 1.81. The third kappa shape index (κ3) is 4.61. The summed E-state index contributed by atoms with van der Waals surface area (Å²) in [4.78, 5) is 18.1. The lowest BCUT2D eigenvalue weighted by atomic mass is 10.2. The quantitative estimate of drug-likeness (QED) is 0.651. The fourth-order valence-electron chi connectivity index (χ4n) is 2.12. The van der Waals surface area contributed by atoms with Gasteiger partial charge in [0.1, 0.15) is 0 Å². The molecule has 0 radical (unpaired) electrons. The number of amides is 1. The van der Waals surface area contributed by atoms with Gasteiger partial charge in [-0.25, -0.2) is 0 Å². The lowest BCUT2D eigenvalue weighted by Gasteiger charge is -2.27. The van der Waals surface area contributed by atoms with Gasteiger partial charge in [-0.1, -0.05) is 17.7 Å². The number of rotatable bonds is 4. The molecule has 1 aromatic carbocycles. The maximum absolute atomic E-state index is 11.9. The Kier molecular flexibility index (Phi) is 6.03. The third-order valence-corrected chi connectivity index (χ3v) is 3.90. The van der Waals surface area contributed by atoms with Gasteiger partial charge in [0.25, 0.3) is 0 Å². The molecular formula is C15H21ClN4O2. The molecule has 22 heavy (non-hydrogen) atoms. The van der Waals surface area contributed by atoms with Gasteiger partial charge in [0.2, 0.25) is 5.91 Å². The second kappa shape index (κ2) is 8.00. The summed E-state index contributed by atoms with van der Waals surface area (Å²) in [6, 6.07) is 5.42. The van der Waals surface area contributed by atoms with Crippen LogP contribution in [-0.4, -0.2) is 49.6 Å². The summed E-state index contributed by atoms with van der Waals surface area (Å²) in [7, 11) is 0. The zero-order valence-corrected chi connectivity index (χ0v) is 13.4. The van der Waals surface area contributed by atoms with Crippen molar-refractivity contribution in [3.63, 3.8) is 0 Å². The number of anilines is 1. The second-order valence-electron chi connectivity index (χ2n) is 5.05. The molecule has 0 unspecified atom stereocenters. The first-order valence-electron chi connectivity index (χ1n) is 7.25. The second-order valence-corrected chi connectivity index (χ2v) is 5.46. The van der Waals surface area contributed by atoms with Crippen molar-refractivity contribution in [1.82, 2.24) is 4.90 Å². The van der Waals surface area contributed by atoms with E-state index in [1.165, 1.54) is 0 Å². The van der Waals surface area contributed by atoms with Gasteiger partial charge in [-0.2, -0.15) is 0 Å². The topological polar surface area (TPSA) is 80.0 Å². The van der Waals surface area contributed by atoms with Gasteiger partial charge in [-0.3, -0.25) is 9.79 Å². The van der Waals surface area contributed by atoms with E-state index in [1.807, 2.05) is 17.9 Å². The van der Waals surface area contributed by atoms with Crippen LogP contribution in [0.2, 0.25) is 5.02 Å². The van der Waals surface area contributed by atoms with Crippen LogP contribution in [-0.2, 0) is 9.53 Å². The molecule has 1 aliphatic rings. The molecule has 0 aromatic heterocycles. The summed E-state index contributed by atoms with van der Waals surface area (Å²) in [5, 5.41) is 3.47. The molecular weight excluding hydrogens is 304 g/mol. The van der Waals surface area contributed by atoms with E-state index >= 15 is 0 Å². The van der Waals surface area contributed by atoms with Gasteiger partial charge in [-0.15, -0.1) is 0 Å². The standard InChI is InChI=1S/C15H21ClN4O2/c1-11-12(16)3-2-4-13(11)19-14(21)5-6-18-15(17)20-7-9-22-10-8-20/h2-4H,5-10H2,1H3,(H2,17,18)(H,19,21). The maximum atomic E-state index is 11.9. The number of benzene rings is 1. The first-order chi connectivity index (χ1) is 10.6. The molecule has 6 nitrogen and oxygen atoms in total. The van der Waals surface area contributed by atoms with Crippen molar-refractivity contribution in [2.24, 2.45) is 10.7 Å². The highest BCUT2D eigenvalue weighted by Crippen LogP contribution is 2.22. The van der Waals surface area contributed by atoms with Crippen LogP contribution in [0, 0.1) is 6.92 Å². The van der Waals surface area contributed by atoms with E-state index in [2.05, 4.69) is 10.3 Å². The van der Waals surface area contributed by atoms with Gasteiger partial charge >= 0.3 is 0 Å². The number of carbonyl (C=O) groups is 1. The molecule has 1 fully saturated rings. The fourth-order valence-corrected chi connectivity index (χ4v) is 2.29. The number of guanidine groups is 1. The molecule has 3 N–H and O–H groups in total. The van der Waals surface area contributed by atoms with Crippen LogP contribution in [0.5, 0.6) is 0 Å². The summed E-state index contributed by atoms with van der Waals surface area (Å²) >= 11 is 6.02. The van der Waals surface area contributed by atoms with Crippen molar-refractivity contribution in [3.05, 3.63) is 28.8 Å². The lowest BCUT2D eigenvalue weighted by molar-refractivity contribution is -0.116. The molecule has 120 valence electrons. The van der Waals surface area contributed by atoms with E-state index < -0.39 is 0 Å². The highest BCUT2D eigenvalue weighted by molar-refractivity contribution is 6.31. The summed E-state index contributed by atoms with van der Waals surface area (Å²) in [5.74, 6) is 0.360. The summed E-state index contributed by atoms with van der Waals surface area (Å²) in [6.07, 6.45) is 0.275. The minimum Gasteiger partial charge on any atom is -0.378 e. The van der Waals surface area contributed by atoms with E-state index in [0.29, 0.717) is 30.7 Å². The van der Waals surface area contributed by atoms with Crippen molar-refractivity contribution in [3.8, 4) is 0 Å². The average molecular weight is 325 g/mol. The smallest absolute Gasteiger partial charge is 0.226 e. The molecule has 0 aliphatic carbocycles. The first-order valence-corrected chi connectivity index (χ1v) is 7.63. The van der Waals surface area contributed by atoms with Crippen LogP contribution in [0.3, 0.4) is 0 Å². The zero-order valence-electron chi connectivity index (χ0n) is 12.6. The summed E-state index contributed by atoms with van der Waals surface area (Å²) in [5.41, 5.74) is 7.48. The first kappa shape index (κ1) is 16.6. The van der Waals surface area contributed by atoms with E-state index in [1.54, 1.807) is 12.1 Å². The minimum atomic E-state index is -0.108. The molecule has 1 amide bonds. The van der Waals surface area contributed by atoms with Gasteiger partial charge in [0, 0.05) is 30.2 Å². The molecule has 1 saturated heterocycles. The molecule has 1 aromatic rings. The van der Waals surface area contributed by atoms with E-state index in [-0.39, 0.29) is 12.3 Å². The molecule has 7 heteroatoms. The average Bonchev–Trinajstić information content (AvgIpc) is 2.52. The van der Waals surface area contributed by atoms with Crippen molar-refractivity contribution in [2.75, 3.05) is 38.2 Å². The summed E-state index contributed by atoms with van der Waals surface area (Å²) in [6.45, 7) is 5.02. The fraction of sp³-hybridized carbons (Fsp3) is 0.467. The van der Waals surface area contributed by atoms with Crippen LogP contribution >= 0.6 is 11.6 Å². The number of hydrogen-bond donors (Lipinski definition) is 2. The number of carbonyl (C=O) groups excluding carboxylic acids is 1. The molecule has 1 heterocycles. The molecule has 0 bridgehead atoms. The lowest BCUT2D eigenvalue weighted by Crippen LogP contribution is -2.44. The van der Waals surface area contributed by atoms with Crippen LogP contribution in [0.4, 0.5) is 5.69 Å². The van der Waals surface area contributed by atoms with Crippen LogP contribution in [0.1, 0.15) is 12.0 Å². The SMILES string of the molecule is Cc1c(Cl)cccc1NC(=O)CCN=C(N)N1CCOCC1. The van der Waals surface area contributed by atoms with Gasteiger partial charge in [0.15, 0.2) is 5.96 Å². The summed E-state index contributed by atoms with van der Waals surface area (Å²) < 4.78 is 5.25. The maximum Gasteiger partial charge on any atom is 0.226 e. The van der Waals surface area contributed by atoms with E-state index in [0.717, 1.165) is 24.3 Å². The Labute approximate surface area is 135 Å². The molecule has 1 aliphatic heterocycles. The van der Waals surface area contributed by atoms with Crippen molar-refractivity contribution in [1.29, 1.82) is 0 Å². The van der Waals surface area contributed by atoms with E-state index in [4.69, 9.17) is 22.1 Å². The Morgan fingerprint density at radius 1 is 1.45 bits per heavy atom. The number of ether oxygens (including phenoxy) is 1. The third-order valence-electron chi connectivity index (χ3n) is 3.49. The number of hydrogen-bond acceptors (Lipinski definition) is 3. The van der Waals surface area contributed by atoms with Crippen LogP contribution in [0.15, 0.2) is 23.2 Å². The largest absolute Gasteiger partial charge is 0.378 e. The molecule has 0 saturated carbocycles. The predicted molar refractivity (Wildman–Crippen MR) is 88.3 cm³/mol. The molecule has 2 rings (SSSR count). The van der Waals surface area contributed by atoms with Crippen LogP contribution < -0.4 is 11.1 Å². The Hall–Kier alpha value is -1.79. The van der Waals surface area contributed by atoms with Crippen molar-refractivity contribution >= 4 is 29.2 Å². The number of nitrogens with zero attached hydrogens (tertiary/aromatic N) is 2. The number of nitrogens with two attached hydrogens (primary N) is 1. The zero-order chi connectivity index (χ0) is 15.9. The highest BCUT2D eigenvalue weighted by atomic mass is 35.5. The van der Waals surface area contributed by atoms with Gasteiger partial charge in [0.05, 0.1) is 19.8 Å². The number of halogens is 1. The minimum absolute atomic E-state index is 0.108. The highest BCUT2D eigenvalue weighted by Gasteiger charge is 2.12. The Morgan fingerprint density at radius 2 is 2.18 bits per heavy atom. The number of aliphatic imine (C=N–C) groups is 1. The normalized spacial score (nSPS) is 15.7. The molecule has 0 atom stereocenters. The van der Waals surface area contributed by atoms with Crippen LogP contribution in [0.25, 0.3) is 0 Å². The molecule has 0 spiro atoms. The number of morpholine rings is 1. The van der Waals surface area contributed by atoms with Crippen molar-refractivity contribution < 1.29 is 9.53 Å². The predicted octanol–water partition coefficient (Wildman–Crippen LogP) is 1.62. The van der Waals surface area contributed by atoms with Gasteiger partial charge < -0.3 is 20.7 Å². The monoisotopic (exact) mass is 324 g/mol. The van der Waals surface area contributed by atoms with Gasteiger partial charge in [-0.05, 0) is 24.6 Å². The Bertz CT molecular complexity index is 556. The van der Waals surface area contributed by atoms with E-state index in [9.17, 15) is 4.79 Å².